The van der Waals surface area contributed by atoms with Crippen molar-refractivity contribution in [3.05, 3.63) is 93.2 Å². The summed E-state index contributed by atoms with van der Waals surface area (Å²) < 4.78 is 6.90. The summed E-state index contributed by atoms with van der Waals surface area (Å²) in [7, 11) is 0. The molecule has 0 aliphatic heterocycles. The van der Waals surface area contributed by atoms with Gasteiger partial charge in [-0.2, -0.15) is 5.26 Å². The van der Waals surface area contributed by atoms with Crippen molar-refractivity contribution in [3.8, 4) is 22.9 Å². The minimum atomic E-state index is -0.615. The van der Waals surface area contributed by atoms with Gasteiger partial charge in [0.05, 0.1) is 23.7 Å². The Morgan fingerprint density at radius 2 is 1.77 bits per heavy atom. The minimum absolute atomic E-state index is 0.100. The molecule has 0 aliphatic carbocycles. The maximum Gasteiger partial charge on any atom is 0.362 e. The molecule has 2 heterocycles. The van der Waals surface area contributed by atoms with Crippen molar-refractivity contribution in [1.29, 1.82) is 5.26 Å². The molecule has 7 nitrogen and oxygen atoms in total. The second-order valence-electron chi connectivity index (χ2n) is 7.22. The Kier molecular flexibility index (Phi) is 4.19. The van der Waals surface area contributed by atoms with Gasteiger partial charge in [0, 0.05) is 11.1 Å². The van der Waals surface area contributed by atoms with E-state index in [-0.39, 0.29) is 11.9 Å². The molecule has 0 saturated heterocycles. The van der Waals surface area contributed by atoms with Crippen molar-refractivity contribution in [3.63, 3.8) is 0 Å². The molecule has 0 atom stereocenters. The second-order valence-corrected chi connectivity index (χ2v) is 7.22. The Labute approximate surface area is 175 Å². The first-order valence-electron chi connectivity index (χ1n) is 9.59. The topological polar surface area (TPSA) is 118 Å². The Morgan fingerprint density at radius 3 is 2.52 bits per heavy atom. The van der Waals surface area contributed by atoms with Crippen LogP contribution in [0.1, 0.15) is 5.56 Å². The first-order chi connectivity index (χ1) is 15.0. The van der Waals surface area contributed by atoms with Crippen molar-refractivity contribution in [1.82, 2.24) is 9.55 Å². The van der Waals surface area contributed by atoms with Gasteiger partial charge in [-0.05, 0) is 53.1 Å². The summed E-state index contributed by atoms with van der Waals surface area (Å²) in [4.78, 5) is 28.0. The molecule has 0 spiro atoms. The summed E-state index contributed by atoms with van der Waals surface area (Å²) in [6.45, 7) is 0. The smallest absolute Gasteiger partial charge is 0.362 e. The molecule has 0 fully saturated rings. The van der Waals surface area contributed by atoms with Crippen LogP contribution in [0.5, 0.6) is 0 Å². The van der Waals surface area contributed by atoms with Crippen molar-refractivity contribution in [2.75, 3.05) is 5.73 Å². The molecule has 0 amide bonds. The average Bonchev–Trinajstić information content (AvgIpc) is 3.12. The lowest BCUT2D eigenvalue weighted by Crippen LogP contribution is -2.14. The van der Waals surface area contributed by atoms with Gasteiger partial charge >= 0.3 is 11.3 Å². The molecule has 0 aliphatic rings. The number of aromatic amines is 1. The predicted molar refractivity (Wildman–Crippen MR) is 119 cm³/mol. The van der Waals surface area contributed by atoms with Crippen LogP contribution in [0.4, 0.5) is 5.69 Å². The number of rotatable bonds is 3. The quantitative estimate of drug-likeness (QED) is 0.348. The molecule has 5 aromatic rings. The van der Waals surface area contributed by atoms with Gasteiger partial charge in [-0.1, -0.05) is 30.3 Å². The lowest BCUT2D eigenvalue weighted by Gasteiger charge is -2.08. The second kappa shape index (κ2) is 7.04. The third-order valence-electron chi connectivity index (χ3n) is 5.23. The first kappa shape index (κ1) is 18.5. The number of nitrogens with one attached hydrogen (secondary N) is 1. The van der Waals surface area contributed by atoms with Gasteiger partial charge in [0.25, 0.3) is 0 Å². The Balaban J connectivity index is 1.82. The van der Waals surface area contributed by atoms with E-state index in [0.717, 1.165) is 16.7 Å². The van der Waals surface area contributed by atoms with Crippen LogP contribution in [-0.2, 0) is 6.42 Å². The van der Waals surface area contributed by atoms with E-state index in [9.17, 15) is 9.59 Å². The van der Waals surface area contributed by atoms with Crippen LogP contribution < -0.4 is 17.0 Å². The van der Waals surface area contributed by atoms with E-state index in [1.807, 2.05) is 36.4 Å². The van der Waals surface area contributed by atoms with Crippen LogP contribution in [-0.4, -0.2) is 9.55 Å². The van der Waals surface area contributed by atoms with Gasteiger partial charge in [-0.15, -0.1) is 0 Å². The van der Waals surface area contributed by atoms with Crippen LogP contribution in [0.15, 0.2) is 80.7 Å². The number of nitriles is 1. The molecule has 31 heavy (non-hydrogen) atoms. The van der Waals surface area contributed by atoms with Crippen LogP contribution in [0.2, 0.25) is 0 Å². The molecule has 3 aromatic carbocycles. The van der Waals surface area contributed by atoms with E-state index >= 15 is 0 Å². The molecule has 0 unspecified atom stereocenters. The molecule has 2 aromatic heterocycles. The lowest BCUT2D eigenvalue weighted by atomic mass is 10.0. The molecule has 0 radical (unpaired) electrons. The van der Waals surface area contributed by atoms with E-state index in [4.69, 9.17) is 15.4 Å². The highest BCUT2D eigenvalue weighted by atomic mass is 16.4. The number of aromatic nitrogens is 2. The number of nitrogen functional groups attached to an aromatic ring is 1. The first-order valence-corrected chi connectivity index (χ1v) is 9.59. The normalized spacial score (nSPS) is 11.1. The third-order valence-corrected chi connectivity index (χ3v) is 5.23. The molecule has 3 N–H and O–H groups in total. The molecule has 0 bridgehead atoms. The van der Waals surface area contributed by atoms with Crippen LogP contribution in [0.3, 0.4) is 0 Å². The van der Waals surface area contributed by atoms with Gasteiger partial charge < -0.3 is 10.2 Å². The molecular formula is C24H16N4O3. The van der Waals surface area contributed by atoms with Crippen LogP contribution in [0, 0.1) is 11.3 Å². The van der Waals surface area contributed by atoms with Gasteiger partial charge in [0.1, 0.15) is 5.58 Å². The number of fused-ring (bicyclic) bond motifs is 3. The third kappa shape index (κ3) is 3.07. The number of hydrogen-bond acceptors (Lipinski definition) is 5. The van der Waals surface area contributed by atoms with Crippen molar-refractivity contribution in [2.24, 2.45) is 0 Å². The lowest BCUT2D eigenvalue weighted by molar-refractivity contribution is 0.568. The summed E-state index contributed by atoms with van der Waals surface area (Å²) in [5.41, 5.74) is 9.62. The SMILES string of the molecule is N#CCc1ccc(-n2c(=O)[nH]c3c(=O)oc4ccc(-c5cccc(N)c5)cc4c32)cc1. The maximum atomic E-state index is 12.8. The number of imidazole rings is 1. The van der Waals surface area contributed by atoms with E-state index < -0.39 is 11.3 Å². The molecule has 7 heteroatoms. The minimum Gasteiger partial charge on any atom is -0.421 e. The molecule has 5 rings (SSSR count). The summed E-state index contributed by atoms with van der Waals surface area (Å²) in [5, 5.41) is 9.50. The number of benzene rings is 3. The molecule has 150 valence electrons. The number of nitrogens with two attached hydrogens (primary N) is 1. The van der Waals surface area contributed by atoms with Gasteiger partial charge in [-0.25, -0.2) is 9.59 Å². The molecular weight excluding hydrogens is 392 g/mol. The summed E-state index contributed by atoms with van der Waals surface area (Å²) >= 11 is 0. The molecule has 0 saturated carbocycles. The zero-order valence-corrected chi connectivity index (χ0v) is 16.3. The van der Waals surface area contributed by atoms with Crippen molar-refractivity contribution in [2.45, 2.75) is 6.42 Å². The summed E-state index contributed by atoms with van der Waals surface area (Å²) in [6.07, 6.45) is 0.277. The van der Waals surface area contributed by atoms with E-state index in [0.29, 0.717) is 27.9 Å². The van der Waals surface area contributed by atoms with E-state index in [1.165, 1.54) is 4.57 Å². The standard InChI is InChI=1S/C24H16N4O3/c25-11-10-14-4-7-18(8-5-14)28-22-19-13-16(15-2-1-3-17(26)12-15)6-9-20(19)31-23(29)21(22)27-24(28)30/h1-9,12-13H,10,26H2,(H,27,30). The highest BCUT2D eigenvalue weighted by Crippen LogP contribution is 2.29. The largest absolute Gasteiger partial charge is 0.421 e. The van der Waals surface area contributed by atoms with Crippen molar-refractivity contribution < 1.29 is 4.42 Å². The van der Waals surface area contributed by atoms with Crippen LogP contribution >= 0.6 is 0 Å². The summed E-state index contributed by atoms with van der Waals surface area (Å²) in [5.74, 6) is 0. The van der Waals surface area contributed by atoms with E-state index in [2.05, 4.69) is 11.1 Å². The number of anilines is 1. The number of hydrogen-bond donors (Lipinski definition) is 2. The van der Waals surface area contributed by atoms with Crippen LogP contribution in [0.25, 0.3) is 38.8 Å². The number of nitrogens with zero attached hydrogens (tertiary/aromatic N) is 2. The fourth-order valence-corrected chi connectivity index (χ4v) is 3.79. The van der Waals surface area contributed by atoms with Gasteiger partial charge in [0.2, 0.25) is 0 Å². The monoisotopic (exact) mass is 408 g/mol. The zero-order valence-electron chi connectivity index (χ0n) is 16.3. The Bertz CT molecular complexity index is 1620. The van der Waals surface area contributed by atoms with Crippen molar-refractivity contribution >= 4 is 27.7 Å². The number of H-pyrrole nitrogens is 1. The average molecular weight is 408 g/mol. The highest BCUT2D eigenvalue weighted by Gasteiger charge is 2.17. The van der Waals surface area contributed by atoms with Gasteiger partial charge in [-0.3, -0.25) is 9.55 Å². The maximum absolute atomic E-state index is 12.8. The Hall–Kier alpha value is -4.57. The van der Waals surface area contributed by atoms with E-state index in [1.54, 1.807) is 30.3 Å². The van der Waals surface area contributed by atoms with Gasteiger partial charge in [0.15, 0.2) is 5.52 Å². The Morgan fingerprint density at radius 1 is 1.00 bits per heavy atom. The summed E-state index contributed by atoms with van der Waals surface area (Å²) in [6, 6.07) is 22.1. The zero-order chi connectivity index (χ0) is 21.5. The fourth-order valence-electron chi connectivity index (χ4n) is 3.79. The highest BCUT2D eigenvalue weighted by molar-refractivity contribution is 6.03. The predicted octanol–water partition coefficient (Wildman–Crippen LogP) is 3.74. The fraction of sp³-hybridized carbons (Fsp3) is 0.0417.